The van der Waals surface area contributed by atoms with E-state index in [-0.39, 0.29) is 18.5 Å². The average Bonchev–Trinajstić information content (AvgIpc) is 3.43. The van der Waals surface area contributed by atoms with E-state index in [9.17, 15) is 9.18 Å². The molecule has 0 unspecified atom stereocenters. The van der Waals surface area contributed by atoms with E-state index < -0.39 is 0 Å². The molecule has 1 fully saturated rings. The largest absolute Gasteiger partial charge is 0.454 e. The van der Waals surface area contributed by atoms with Crippen LogP contribution < -0.4 is 9.47 Å². The van der Waals surface area contributed by atoms with Gasteiger partial charge in [0.05, 0.1) is 6.54 Å². The van der Waals surface area contributed by atoms with Crippen molar-refractivity contribution >= 4 is 5.91 Å². The summed E-state index contributed by atoms with van der Waals surface area (Å²) < 4.78 is 29.4. The number of fused-ring (bicyclic) bond motifs is 1. The summed E-state index contributed by atoms with van der Waals surface area (Å²) in [5.74, 6) is 1.78. The summed E-state index contributed by atoms with van der Waals surface area (Å²) in [6, 6.07) is 11.2. The Morgan fingerprint density at radius 3 is 2.53 bits per heavy atom. The first kappa shape index (κ1) is 18.6. The molecule has 30 heavy (non-hydrogen) atoms. The Labute approximate surface area is 171 Å². The summed E-state index contributed by atoms with van der Waals surface area (Å²) in [4.78, 5) is 16.8. The smallest absolute Gasteiger partial charge is 0.254 e. The van der Waals surface area contributed by atoms with Crippen molar-refractivity contribution in [2.45, 2.75) is 6.54 Å². The van der Waals surface area contributed by atoms with Gasteiger partial charge in [-0.25, -0.2) is 4.39 Å². The maximum atomic E-state index is 13.1. The van der Waals surface area contributed by atoms with Crippen LogP contribution in [0.15, 0.2) is 46.9 Å². The highest BCUT2D eigenvalue weighted by atomic mass is 19.1. The number of rotatable bonds is 4. The van der Waals surface area contributed by atoms with Crippen LogP contribution in [0.1, 0.15) is 16.2 Å². The molecule has 9 heteroatoms. The van der Waals surface area contributed by atoms with Crippen LogP contribution >= 0.6 is 0 Å². The summed E-state index contributed by atoms with van der Waals surface area (Å²) in [7, 11) is 0. The summed E-state index contributed by atoms with van der Waals surface area (Å²) in [5, 5.41) is 8.13. The van der Waals surface area contributed by atoms with E-state index in [0.717, 1.165) is 0 Å². The van der Waals surface area contributed by atoms with Gasteiger partial charge < -0.3 is 18.8 Å². The van der Waals surface area contributed by atoms with Crippen molar-refractivity contribution in [3.05, 3.63) is 59.7 Å². The van der Waals surface area contributed by atoms with Gasteiger partial charge in [-0.15, -0.1) is 10.2 Å². The molecule has 2 aliphatic heterocycles. The lowest BCUT2D eigenvalue weighted by Crippen LogP contribution is -2.48. The molecule has 0 atom stereocenters. The molecule has 1 saturated heterocycles. The van der Waals surface area contributed by atoms with Crippen LogP contribution in [0.4, 0.5) is 4.39 Å². The zero-order valence-electron chi connectivity index (χ0n) is 16.1. The fourth-order valence-corrected chi connectivity index (χ4v) is 3.54. The molecule has 1 amide bonds. The lowest BCUT2D eigenvalue weighted by Gasteiger charge is -2.34. The molecule has 2 aliphatic rings. The third-order valence-electron chi connectivity index (χ3n) is 5.20. The minimum Gasteiger partial charge on any atom is -0.454 e. The van der Waals surface area contributed by atoms with Gasteiger partial charge in [0, 0.05) is 37.3 Å². The van der Waals surface area contributed by atoms with Crippen LogP contribution in [-0.2, 0) is 6.54 Å². The molecule has 3 heterocycles. The number of ether oxygens (including phenoxy) is 2. The molecule has 8 nitrogen and oxygen atoms in total. The van der Waals surface area contributed by atoms with Crippen LogP contribution in [0.5, 0.6) is 11.5 Å². The van der Waals surface area contributed by atoms with Crippen LogP contribution in [-0.4, -0.2) is 58.9 Å². The van der Waals surface area contributed by atoms with E-state index in [0.29, 0.717) is 67.1 Å². The molecular formula is C21H19FN4O4. The number of benzene rings is 2. The third-order valence-corrected chi connectivity index (χ3v) is 5.20. The highest BCUT2D eigenvalue weighted by Gasteiger charge is 2.25. The quantitative estimate of drug-likeness (QED) is 0.654. The SMILES string of the molecule is O=C(c1ccc2c(c1)OCO2)N1CCN(Cc2nnc(-c3ccc(F)cc3)o2)CC1. The van der Waals surface area contributed by atoms with Gasteiger partial charge in [-0.2, -0.15) is 0 Å². The second-order valence-corrected chi connectivity index (χ2v) is 7.14. The molecule has 0 spiro atoms. The molecule has 5 rings (SSSR count). The standard InChI is InChI=1S/C21H19FN4O4/c22-16-4-1-14(2-5-16)20-24-23-19(30-20)12-25-7-9-26(10-8-25)21(27)15-3-6-17-18(11-15)29-13-28-17/h1-6,11H,7-10,12-13H2. The average molecular weight is 410 g/mol. The van der Waals surface area contributed by atoms with Gasteiger partial charge in [0.15, 0.2) is 11.5 Å². The molecule has 154 valence electrons. The highest BCUT2D eigenvalue weighted by molar-refractivity contribution is 5.95. The summed E-state index contributed by atoms with van der Waals surface area (Å²) in [6.45, 7) is 3.29. The molecule has 3 aromatic rings. The van der Waals surface area contributed by atoms with Gasteiger partial charge in [0.25, 0.3) is 5.91 Å². The molecule has 2 aromatic carbocycles. The Morgan fingerprint density at radius 2 is 1.73 bits per heavy atom. The lowest BCUT2D eigenvalue weighted by molar-refractivity contribution is 0.0618. The number of halogens is 1. The topological polar surface area (TPSA) is 80.9 Å². The predicted octanol–water partition coefficient (Wildman–Crippen LogP) is 2.56. The van der Waals surface area contributed by atoms with Gasteiger partial charge in [0.1, 0.15) is 5.82 Å². The number of carbonyl (C=O) groups is 1. The number of nitrogens with zero attached hydrogens (tertiary/aromatic N) is 4. The minimum absolute atomic E-state index is 0.0238. The Bertz CT molecular complexity index is 1060. The third kappa shape index (κ3) is 3.71. The number of amides is 1. The number of aromatic nitrogens is 2. The van der Waals surface area contributed by atoms with Crippen LogP contribution in [0.2, 0.25) is 0 Å². The Morgan fingerprint density at radius 1 is 0.967 bits per heavy atom. The number of hydrogen-bond acceptors (Lipinski definition) is 7. The fraction of sp³-hybridized carbons (Fsp3) is 0.286. The van der Waals surface area contributed by atoms with Crippen molar-refractivity contribution in [3.63, 3.8) is 0 Å². The van der Waals surface area contributed by atoms with Crippen molar-refractivity contribution in [1.29, 1.82) is 0 Å². The van der Waals surface area contributed by atoms with Crippen LogP contribution in [0, 0.1) is 5.82 Å². The Hall–Kier alpha value is -3.46. The zero-order chi connectivity index (χ0) is 20.5. The van der Waals surface area contributed by atoms with Crippen molar-refractivity contribution in [2.75, 3.05) is 33.0 Å². The van der Waals surface area contributed by atoms with Gasteiger partial charge in [-0.05, 0) is 42.5 Å². The molecule has 0 aliphatic carbocycles. The van der Waals surface area contributed by atoms with Crippen molar-refractivity contribution < 1.29 is 23.1 Å². The van der Waals surface area contributed by atoms with Crippen LogP contribution in [0.3, 0.4) is 0 Å². The van der Waals surface area contributed by atoms with Gasteiger partial charge >= 0.3 is 0 Å². The van der Waals surface area contributed by atoms with E-state index in [2.05, 4.69) is 15.1 Å². The zero-order valence-corrected chi connectivity index (χ0v) is 16.1. The number of piperazine rings is 1. The van der Waals surface area contributed by atoms with Crippen LogP contribution in [0.25, 0.3) is 11.5 Å². The Kier molecular flexibility index (Phi) is 4.80. The second kappa shape index (κ2) is 7.75. The molecular weight excluding hydrogens is 391 g/mol. The van der Waals surface area contributed by atoms with Crippen molar-refractivity contribution in [2.24, 2.45) is 0 Å². The number of hydrogen-bond donors (Lipinski definition) is 0. The second-order valence-electron chi connectivity index (χ2n) is 7.14. The summed E-state index contributed by atoms with van der Waals surface area (Å²) in [5.41, 5.74) is 1.27. The van der Waals surface area contributed by atoms with Gasteiger partial charge in [-0.3, -0.25) is 9.69 Å². The maximum absolute atomic E-state index is 13.1. The molecule has 0 saturated carbocycles. The van der Waals surface area contributed by atoms with Crippen molar-refractivity contribution in [1.82, 2.24) is 20.0 Å². The van der Waals surface area contributed by atoms with Crippen molar-refractivity contribution in [3.8, 4) is 23.0 Å². The molecule has 0 radical (unpaired) electrons. The maximum Gasteiger partial charge on any atom is 0.254 e. The first-order chi connectivity index (χ1) is 14.7. The monoisotopic (exact) mass is 410 g/mol. The lowest BCUT2D eigenvalue weighted by atomic mass is 10.1. The first-order valence-electron chi connectivity index (χ1n) is 9.65. The highest BCUT2D eigenvalue weighted by Crippen LogP contribution is 2.33. The summed E-state index contributed by atoms with van der Waals surface area (Å²) >= 11 is 0. The molecule has 1 aromatic heterocycles. The molecule has 0 N–H and O–H groups in total. The van der Waals surface area contributed by atoms with E-state index in [1.54, 1.807) is 30.3 Å². The first-order valence-corrected chi connectivity index (χ1v) is 9.65. The fourth-order valence-electron chi connectivity index (χ4n) is 3.54. The summed E-state index contributed by atoms with van der Waals surface area (Å²) in [6.07, 6.45) is 0. The predicted molar refractivity (Wildman–Crippen MR) is 103 cm³/mol. The van der Waals surface area contributed by atoms with E-state index in [1.807, 2.05) is 4.90 Å². The van der Waals surface area contributed by atoms with E-state index in [4.69, 9.17) is 13.9 Å². The van der Waals surface area contributed by atoms with Gasteiger partial charge in [0.2, 0.25) is 18.6 Å². The minimum atomic E-state index is -0.313. The Balaban J connectivity index is 1.17. The van der Waals surface area contributed by atoms with E-state index >= 15 is 0 Å². The normalized spacial score (nSPS) is 16.1. The van der Waals surface area contributed by atoms with Gasteiger partial charge in [-0.1, -0.05) is 0 Å². The number of carbonyl (C=O) groups excluding carboxylic acids is 1. The van der Waals surface area contributed by atoms with E-state index in [1.165, 1.54) is 12.1 Å². The molecule has 0 bridgehead atoms.